The quantitative estimate of drug-likeness (QED) is 0.839. The zero-order valence-electron chi connectivity index (χ0n) is 12.8. The van der Waals surface area contributed by atoms with E-state index in [1.54, 1.807) is 0 Å². The average molecular weight is 274 g/mol. The van der Waals surface area contributed by atoms with Crippen molar-refractivity contribution < 1.29 is 4.52 Å². The molecule has 0 unspecified atom stereocenters. The highest BCUT2D eigenvalue weighted by Crippen LogP contribution is 2.19. The van der Waals surface area contributed by atoms with Crippen LogP contribution in [0.15, 0.2) is 28.8 Å². The average Bonchev–Trinajstić information content (AvgIpc) is 2.88. The normalized spacial score (nSPS) is 10.9. The number of hydrogen-bond acceptors (Lipinski definition) is 5. The van der Waals surface area contributed by atoms with E-state index >= 15 is 0 Å². The largest absolute Gasteiger partial charge is 0.378 e. The van der Waals surface area contributed by atoms with E-state index in [4.69, 9.17) is 4.52 Å². The van der Waals surface area contributed by atoms with Crippen LogP contribution in [0, 0.1) is 0 Å². The van der Waals surface area contributed by atoms with E-state index in [1.165, 1.54) is 11.3 Å². The molecule has 1 heterocycles. The minimum atomic E-state index is 0.276. The fourth-order valence-electron chi connectivity index (χ4n) is 1.89. The van der Waals surface area contributed by atoms with E-state index in [9.17, 15) is 0 Å². The number of benzene rings is 1. The Kier molecular flexibility index (Phi) is 4.27. The van der Waals surface area contributed by atoms with Gasteiger partial charge in [-0.25, -0.2) is 0 Å². The highest BCUT2D eigenvalue weighted by molar-refractivity contribution is 5.47. The Balaban J connectivity index is 2.10. The van der Waals surface area contributed by atoms with Gasteiger partial charge in [-0.05, 0) is 17.7 Å². The highest BCUT2D eigenvalue weighted by atomic mass is 16.5. The molecule has 0 spiro atoms. The van der Waals surface area contributed by atoms with Crippen LogP contribution in [-0.2, 0) is 6.54 Å². The summed E-state index contributed by atoms with van der Waals surface area (Å²) >= 11 is 0. The molecule has 0 aliphatic heterocycles. The molecule has 0 fully saturated rings. The van der Waals surface area contributed by atoms with Gasteiger partial charge in [0.2, 0.25) is 0 Å². The number of hydrogen-bond donors (Lipinski definition) is 0. The number of nitrogens with zero attached hydrogens (tertiary/aromatic N) is 4. The van der Waals surface area contributed by atoms with Crippen molar-refractivity contribution in [1.82, 2.24) is 10.1 Å². The van der Waals surface area contributed by atoms with Crippen molar-refractivity contribution in [2.24, 2.45) is 0 Å². The molecule has 0 aliphatic rings. The molecule has 108 valence electrons. The van der Waals surface area contributed by atoms with Crippen LogP contribution < -0.4 is 9.80 Å². The van der Waals surface area contributed by atoms with Crippen LogP contribution in [-0.4, -0.2) is 31.3 Å². The van der Waals surface area contributed by atoms with Crippen LogP contribution in [0.3, 0.4) is 0 Å². The van der Waals surface area contributed by atoms with Gasteiger partial charge in [-0.2, -0.15) is 4.98 Å². The third kappa shape index (κ3) is 3.29. The van der Waals surface area contributed by atoms with E-state index in [-0.39, 0.29) is 5.92 Å². The molecule has 0 atom stereocenters. The van der Waals surface area contributed by atoms with Crippen LogP contribution >= 0.6 is 0 Å². The predicted octanol–water partition coefficient (Wildman–Crippen LogP) is 2.90. The monoisotopic (exact) mass is 274 g/mol. The molecule has 0 radical (unpaired) electrons. The van der Waals surface area contributed by atoms with Gasteiger partial charge in [0.05, 0.1) is 0 Å². The van der Waals surface area contributed by atoms with Gasteiger partial charge in [0.1, 0.15) is 0 Å². The molecule has 1 aromatic carbocycles. The summed E-state index contributed by atoms with van der Waals surface area (Å²) in [6.45, 7) is 4.84. The van der Waals surface area contributed by atoms with E-state index in [2.05, 4.69) is 53.2 Å². The summed E-state index contributed by atoms with van der Waals surface area (Å²) in [6.07, 6.45) is 0. The lowest BCUT2D eigenvalue weighted by Crippen LogP contribution is -2.17. The fourth-order valence-corrected chi connectivity index (χ4v) is 1.89. The predicted molar refractivity (Wildman–Crippen MR) is 81.3 cm³/mol. The van der Waals surface area contributed by atoms with Crippen molar-refractivity contribution >= 4 is 11.7 Å². The summed E-state index contributed by atoms with van der Waals surface area (Å²) in [7, 11) is 6.03. The zero-order chi connectivity index (χ0) is 14.7. The summed E-state index contributed by atoms with van der Waals surface area (Å²) in [5, 5.41) is 3.99. The minimum absolute atomic E-state index is 0.276. The van der Waals surface area contributed by atoms with Gasteiger partial charge in [0.25, 0.3) is 0 Å². The third-order valence-electron chi connectivity index (χ3n) is 3.12. The van der Waals surface area contributed by atoms with Gasteiger partial charge < -0.3 is 14.3 Å². The van der Waals surface area contributed by atoms with Crippen LogP contribution in [0.25, 0.3) is 0 Å². The van der Waals surface area contributed by atoms with Gasteiger partial charge in [-0.15, -0.1) is 0 Å². The van der Waals surface area contributed by atoms with Crippen LogP contribution in [0.1, 0.15) is 31.2 Å². The first-order chi connectivity index (χ1) is 9.47. The maximum Gasteiger partial charge on any atom is 0.324 e. The van der Waals surface area contributed by atoms with Crippen molar-refractivity contribution in [3.05, 3.63) is 35.7 Å². The molecular weight excluding hydrogens is 252 g/mol. The van der Waals surface area contributed by atoms with Crippen LogP contribution in [0.2, 0.25) is 0 Å². The lowest BCUT2D eigenvalue weighted by atomic mass is 10.2. The summed E-state index contributed by atoms with van der Waals surface area (Å²) in [6, 6.07) is 8.97. The number of aromatic nitrogens is 2. The molecule has 5 nitrogen and oxygen atoms in total. The molecule has 20 heavy (non-hydrogen) atoms. The topological polar surface area (TPSA) is 45.4 Å². The summed E-state index contributed by atoms with van der Waals surface area (Å²) in [4.78, 5) is 8.46. The Bertz CT molecular complexity index is 563. The van der Waals surface area contributed by atoms with Crippen molar-refractivity contribution in [2.75, 3.05) is 30.9 Å². The maximum atomic E-state index is 5.29. The Labute approximate surface area is 120 Å². The Morgan fingerprint density at radius 3 is 2.55 bits per heavy atom. The van der Waals surface area contributed by atoms with E-state index in [0.717, 1.165) is 12.4 Å². The molecule has 0 bridgehead atoms. The fraction of sp³-hybridized carbons (Fsp3) is 0.467. The van der Waals surface area contributed by atoms with E-state index in [0.29, 0.717) is 6.01 Å². The number of rotatable bonds is 5. The maximum absolute atomic E-state index is 5.29. The second kappa shape index (κ2) is 5.94. The first-order valence-electron chi connectivity index (χ1n) is 6.78. The third-order valence-corrected chi connectivity index (χ3v) is 3.12. The molecular formula is C15H22N4O. The Hall–Kier alpha value is -2.04. The number of anilines is 2. The van der Waals surface area contributed by atoms with Crippen molar-refractivity contribution in [3.8, 4) is 0 Å². The second-order valence-corrected chi connectivity index (χ2v) is 5.51. The molecule has 0 aliphatic carbocycles. The summed E-state index contributed by atoms with van der Waals surface area (Å²) in [5.74, 6) is 1.02. The summed E-state index contributed by atoms with van der Waals surface area (Å²) < 4.78 is 5.29. The smallest absolute Gasteiger partial charge is 0.324 e. The first-order valence-corrected chi connectivity index (χ1v) is 6.78. The summed E-state index contributed by atoms with van der Waals surface area (Å²) in [5.41, 5.74) is 2.40. The minimum Gasteiger partial charge on any atom is -0.378 e. The van der Waals surface area contributed by atoms with Crippen LogP contribution in [0.4, 0.5) is 11.7 Å². The van der Waals surface area contributed by atoms with Gasteiger partial charge >= 0.3 is 6.01 Å². The molecule has 0 saturated carbocycles. The SMILES string of the molecule is CC(C)c1noc(N(C)Cc2cccc(N(C)C)c2)n1. The van der Waals surface area contributed by atoms with E-state index in [1.807, 2.05) is 26.0 Å². The zero-order valence-corrected chi connectivity index (χ0v) is 12.8. The lowest BCUT2D eigenvalue weighted by Gasteiger charge is -2.17. The highest BCUT2D eigenvalue weighted by Gasteiger charge is 2.13. The van der Waals surface area contributed by atoms with Crippen molar-refractivity contribution in [1.29, 1.82) is 0 Å². The van der Waals surface area contributed by atoms with Gasteiger partial charge in [0, 0.05) is 39.3 Å². The molecule has 0 saturated heterocycles. The Morgan fingerprint density at radius 2 is 1.95 bits per heavy atom. The molecule has 0 N–H and O–H groups in total. The second-order valence-electron chi connectivity index (χ2n) is 5.51. The molecule has 0 amide bonds. The van der Waals surface area contributed by atoms with Gasteiger partial charge in [-0.1, -0.05) is 31.1 Å². The van der Waals surface area contributed by atoms with Gasteiger partial charge in [-0.3, -0.25) is 0 Å². The van der Waals surface area contributed by atoms with E-state index < -0.39 is 0 Å². The Morgan fingerprint density at radius 1 is 1.20 bits per heavy atom. The molecule has 2 rings (SSSR count). The van der Waals surface area contributed by atoms with Crippen LogP contribution in [0.5, 0.6) is 0 Å². The lowest BCUT2D eigenvalue weighted by molar-refractivity contribution is 0.407. The molecule has 2 aromatic rings. The van der Waals surface area contributed by atoms with Crippen molar-refractivity contribution in [3.63, 3.8) is 0 Å². The first kappa shape index (κ1) is 14.4. The van der Waals surface area contributed by atoms with Crippen molar-refractivity contribution in [2.45, 2.75) is 26.3 Å². The van der Waals surface area contributed by atoms with Gasteiger partial charge in [0.15, 0.2) is 5.82 Å². The standard InChI is InChI=1S/C15H22N4O/c1-11(2)14-16-15(20-17-14)19(5)10-12-7-6-8-13(9-12)18(3)4/h6-9,11H,10H2,1-5H3. The molecule has 1 aromatic heterocycles. The molecule has 5 heteroatoms.